The largest absolute Gasteiger partial charge is 0.427 e. The molecule has 2 aromatic heterocycles. The first-order valence-corrected chi connectivity index (χ1v) is 14.3. The van der Waals surface area contributed by atoms with Crippen molar-refractivity contribution in [3.05, 3.63) is 82.5 Å². The van der Waals surface area contributed by atoms with Crippen LogP contribution in [0.1, 0.15) is 18.4 Å². The zero-order valence-electron chi connectivity index (χ0n) is 24.0. The quantitative estimate of drug-likeness (QED) is 0.269. The summed E-state index contributed by atoms with van der Waals surface area (Å²) in [5.74, 6) is 0.953. The van der Waals surface area contributed by atoms with E-state index in [4.69, 9.17) is 9.72 Å². The number of hydrogen-bond acceptors (Lipinski definition) is 9. The lowest BCUT2D eigenvalue weighted by atomic mass is 10.0. The number of piperidine rings is 1. The summed E-state index contributed by atoms with van der Waals surface area (Å²) in [4.78, 5) is 40.0. The average molecular weight is 594 g/mol. The zero-order valence-corrected chi connectivity index (χ0v) is 24.0. The summed E-state index contributed by atoms with van der Waals surface area (Å²) in [5, 5.41) is 18.4. The van der Waals surface area contributed by atoms with E-state index in [0.717, 1.165) is 35.4 Å². The number of anilines is 2. The van der Waals surface area contributed by atoms with Crippen molar-refractivity contribution < 1.29 is 24.1 Å². The fourth-order valence-corrected chi connectivity index (χ4v) is 5.42. The second-order valence-corrected chi connectivity index (χ2v) is 10.4. The molecule has 13 heteroatoms. The Bertz CT molecular complexity index is 1580. The monoisotopic (exact) mass is 593 g/mol. The Kier molecular flexibility index (Phi) is 9.52. The maximum atomic E-state index is 13.5. The van der Waals surface area contributed by atoms with Crippen molar-refractivity contribution in [3.8, 4) is 0 Å². The fourth-order valence-electron chi connectivity index (χ4n) is 5.42. The molecule has 0 unspecified atom stereocenters. The van der Waals surface area contributed by atoms with Gasteiger partial charge in [-0.25, -0.2) is 23.7 Å². The number of nitrogens with zero attached hydrogens (tertiary/aromatic N) is 7. The van der Waals surface area contributed by atoms with E-state index in [1.807, 2.05) is 36.2 Å². The Morgan fingerprint density at radius 3 is 2.42 bits per heavy atom. The summed E-state index contributed by atoms with van der Waals surface area (Å²) < 4.78 is 22.3. The second-order valence-electron chi connectivity index (χ2n) is 10.4. The molecule has 0 spiro atoms. The van der Waals surface area contributed by atoms with Crippen LogP contribution >= 0.6 is 0 Å². The highest BCUT2D eigenvalue weighted by Gasteiger charge is 2.28. The third kappa shape index (κ3) is 6.78. The highest BCUT2D eigenvalue weighted by molar-refractivity contribution is 5.79. The molecular formula is C30H36FN7O5. The highest BCUT2D eigenvalue weighted by Crippen LogP contribution is 2.28. The number of para-hydroxylation sites is 2. The number of carbonyl (C=O) groups excluding carboxylic acids is 1. The predicted octanol–water partition coefficient (Wildman–Crippen LogP) is 2.27. The molecule has 2 aromatic carbocycles. The van der Waals surface area contributed by atoms with Gasteiger partial charge in [-0.2, -0.15) is 0 Å². The zero-order chi connectivity index (χ0) is 30.3. The van der Waals surface area contributed by atoms with Gasteiger partial charge in [0.2, 0.25) is 11.9 Å². The van der Waals surface area contributed by atoms with Crippen LogP contribution in [-0.2, 0) is 18.0 Å². The minimum absolute atomic E-state index is 0.00433. The topological polar surface area (TPSA) is 129 Å². The summed E-state index contributed by atoms with van der Waals surface area (Å²) in [6.07, 6.45) is 2.22. The molecule has 4 aromatic rings. The molecule has 0 radical (unpaired) electrons. The Morgan fingerprint density at radius 2 is 1.72 bits per heavy atom. The summed E-state index contributed by atoms with van der Waals surface area (Å²) in [6, 6.07) is 15.8. The maximum absolute atomic E-state index is 13.5. The molecule has 2 N–H and O–H groups in total. The van der Waals surface area contributed by atoms with Gasteiger partial charge in [-0.1, -0.05) is 24.3 Å². The molecule has 1 amide bonds. The van der Waals surface area contributed by atoms with E-state index >= 15 is 0 Å². The Labute approximate surface area is 248 Å². The summed E-state index contributed by atoms with van der Waals surface area (Å²) in [6.45, 7) is 1.08. The molecule has 0 saturated carbocycles. The van der Waals surface area contributed by atoms with E-state index in [2.05, 4.69) is 14.5 Å². The molecule has 0 aliphatic carbocycles. The molecule has 3 heterocycles. The van der Waals surface area contributed by atoms with Crippen LogP contribution in [-0.4, -0.2) is 92.8 Å². The summed E-state index contributed by atoms with van der Waals surface area (Å²) in [7, 11) is 1.87. The van der Waals surface area contributed by atoms with E-state index in [-0.39, 0.29) is 50.5 Å². The molecule has 0 atom stereocenters. The van der Waals surface area contributed by atoms with Crippen molar-refractivity contribution in [2.75, 3.05) is 56.2 Å². The normalized spacial score (nSPS) is 13.8. The number of hydrogen-bond donors (Lipinski definition) is 2. The van der Waals surface area contributed by atoms with Crippen molar-refractivity contribution in [1.29, 1.82) is 0 Å². The minimum atomic E-state index is -0.746. The van der Waals surface area contributed by atoms with Gasteiger partial charge < -0.3 is 34.2 Å². The van der Waals surface area contributed by atoms with Crippen molar-refractivity contribution in [2.24, 2.45) is 0 Å². The molecule has 43 heavy (non-hydrogen) atoms. The number of halogens is 1. The number of ether oxygens (including phenoxy) is 1. The van der Waals surface area contributed by atoms with Crippen LogP contribution in [0.15, 0.2) is 65.6 Å². The van der Waals surface area contributed by atoms with E-state index in [1.165, 1.54) is 33.9 Å². The number of imidazole rings is 1. The minimum Gasteiger partial charge on any atom is -0.427 e. The van der Waals surface area contributed by atoms with Crippen LogP contribution in [0.4, 0.5) is 21.1 Å². The van der Waals surface area contributed by atoms with E-state index in [9.17, 15) is 24.2 Å². The highest BCUT2D eigenvalue weighted by atomic mass is 19.1. The lowest BCUT2D eigenvalue weighted by Gasteiger charge is -2.38. The van der Waals surface area contributed by atoms with Crippen LogP contribution in [0.2, 0.25) is 0 Å². The van der Waals surface area contributed by atoms with Crippen LogP contribution < -0.4 is 15.4 Å². The summed E-state index contributed by atoms with van der Waals surface area (Å²) in [5.41, 5.74) is 2.50. The molecule has 228 valence electrons. The van der Waals surface area contributed by atoms with Crippen molar-refractivity contribution in [2.45, 2.75) is 32.2 Å². The first kappa shape index (κ1) is 30.0. The Hall–Kier alpha value is -4.49. The van der Waals surface area contributed by atoms with Gasteiger partial charge in [-0.3, -0.25) is 4.79 Å². The molecule has 12 nitrogen and oxygen atoms in total. The van der Waals surface area contributed by atoms with Crippen LogP contribution in [0, 0.1) is 5.82 Å². The van der Waals surface area contributed by atoms with E-state index in [1.54, 1.807) is 12.1 Å². The van der Waals surface area contributed by atoms with Crippen molar-refractivity contribution >= 4 is 29.0 Å². The number of aliphatic hydroxyl groups excluding tert-OH is 2. The van der Waals surface area contributed by atoms with E-state index in [0.29, 0.717) is 25.6 Å². The number of rotatable bonds is 11. The third-order valence-electron chi connectivity index (χ3n) is 7.73. The molecular weight excluding hydrogens is 557 g/mol. The number of carbonyl (C=O) groups is 1. The van der Waals surface area contributed by atoms with Crippen LogP contribution in [0.3, 0.4) is 0 Å². The van der Waals surface area contributed by atoms with Crippen molar-refractivity contribution in [1.82, 2.24) is 24.0 Å². The predicted molar refractivity (Wildman–Crippen MR) is 160 cm³/mol. The number of benzene rings is 2. The third-order valence-corrected chi connectivity index (χ3v) is 7.73. The molecule has 5 rings (SSSR count). The van der Waals surface area contributed by atoms with Gasteiger partial charge in [-0.15, -0.1) is 0 Å². The van der Waals surface area contributed by atoms with Gasteiger partial charge in [0, 0.05) is 51.5 Å². The Morgan fingerprint density at radius 1 is 1.02 bits per heavy atom. The SMILES string of the molecule is CN(c1nccc(=O)n1COC(=O)N(CCO)CCO)C1CCN(c2nc3ccccc3n2Cc2ccc(F)cc2)CC1. The molecule has 1 aliphatic rings. The number of fused-ring (bicyclic) bond motifs is 1. The molecule has 1 aliphatic heterocycles. The first-order chi connectivity index (χ1) is 20.9. The summed E-state index contributed by atoms with van der Waals surface area (Å²) >= 11 is 0. The van der Waals surface area contributed by atoms with Gasteiger partial charge in [0.1, 0.15) is 5.82 Å². The fraction of sp³-hybridized carbons (Fsp3) is 0.400. The van der Waals surface area contributed by atoms with Gasteiger partial charge >= 0.3 is 6.09 Å². The number of aromatic nitrogens is 4. The van der Waals surface area contributed by atoms with Gasteiger partial charge in [-0.05, 0) is 42.7 Å². The van der Waals surface area contributed by atoms with Gasteiger partial charge in [0.15, 0.2) is 6.73 Å². The second kappa shape index (κ2) is 13.7. The van der Waals surface area contributed by atoms with Crippen molar-refractivity contribution in [3.63, 3.8) is 0 Å². The average Bonchev–Trinajstić information content (AvgIpc) is 3.39. The number of amides is 1. The van der Waals surface area contributed by atoms with Gasteiger partial charge in [0.25, 0.3) is 5.56 Å². The van der Waals surface area contributed by atoms with E-state index < -0.39 is 6.09 Å². The molecule has 0 bridgehead atoms. The number of aliphatic hydroxyl groups is 2. The Balaban J connectivity index is 1.30. The van der Waals surface area contributed by atoms with Crippen LogP contribution in [0.5, 0.6) is 0 Å². The maximum Gasteiger partial charge on any atom is 0.411 e. The lowest BCUT2D eigenvalue weighted by molar-refractivity contribution is 0.0628. The lowest BCUT2D eigenvalue weighted by Crippen LogP contribution is -2.46. The molecule has 1 fully saturated rings. The first-order valence-electron chi connectivity index (χ1n) is 14.3. The van der Waals surface area contributed by atoms with Gasteiger partial charge in [0.05, 0.1) is 30.8 Å². The van der Waals surface area contributed by atoms with Crippen LogP contribution in [0.25, 0.3) is 11.0 Å². The molecule has 1 saturated heterocycles. The smallest absolute Gasteiger partial charge is 0.411 e. The standard InChI is InChI=1S/C30H36FN7O5/c1-34(28-32-13-10-27(41)38(28)21-43-30(42)36(16-18-39)17-19-40)24-11-14-35(15-12-24)29-33-25-4-2-3-5-26(25)37(29)20-22-6-8-23(31)9-7-22/h2-10,13,24,39-40H,11-12,14-21H2,1H3.